The molecule has 0 saturated heterocycles. The van der Waals surface area contributed by atoms with Crippen molar-refractivity contribution in [3.05, 3.63) is 36.0 Å². The van der Waals surface area contributed by atoms with E-state index in [1.54, 1.807) is 0 Å². The van der Waals surface area contributed by atoms with Crippen LogP contribution in [0.2, 0.25) is 0 Å². The van der Waals surface area contributed by atoms with E-state index in [0.717, 1.165) is 16.6 Å². The molecule has 5 nitrogen and oxygen atoms in total. The maximum absolute atomic E-state index is 12.1. The van der Waals surface area contributed by atoms with Crippen LogP contribution >= 0.6 is 0 Å². The minimum absolute atomic E-state index is 0.132. The number of carboxylic acid groups (broad SMARTS) is 1. The number of aryl methyl sites for hydroxylation is 1. The smallest absolute Gasteiger partial charge is 0.326 e. The Morgan fingerprint density at radius 3 is 2.71 bits per heavy atom. The van der Waals surface area contributed by atoms with Crippen molar-refractivity contribution in [2.24, 2.45) is 0 Å². The second kappa shape index (κ2) is 6.43. The Hall–Kier alpha value is -2.30. The number of carbonyl (C=O) groups is 2. The zero-order chi connectivity index (χ0) is 15.4. The van der Waals surface area contributed by atoms with Crippen molar-refractivity contribution < 1.29 is 14.7 Å². The molecule has 1 aromatic heterocycles. The van der Waals surface area contributed by atoms with E-state index in [9.17, 15) is 9.59 Å². The summed E-state index contributed by atoms with van der Waals surface area (Å²) in [5.74, 6) is -1.26. The van der Waals surface area contributed by atoms with Crippen molar-refractivity contribution in [2.45, 2.75) is 39.3 Å². The fraction of sp³-hybridized carbons (Fsp3) is 0.375. The molecular weight excluding hydrogens is 268 g/mol. The van der Waals surface area contributed by atoms with Gasteiger partial charge in [-0.15, -0.1) is 0 Å². The van der Waals surface area contributed by atoms with Gasteiger partial charge in [-0.25, -0.2) is 4.79 Å². The number of aliphatic carboxylic acids is 1. The first-order valence-electron chi connectivity index (χ1n) is 7.10. The van der Waals surface area contributed by atoms with Crippen LogP contribution in [-0.2, 0) is 16.1 Å². The third-order valence-corrected chi connectivity index (χ3v) is 3.53. The van der Waals surface area contributed by atoms with Crippen LogP contribution in [0.15, 0.2) is 30.3 Å². The Morgan fingerprint density at radius 1 is 1.33 bits per heavy atom. The zero-order valence-corrected chi connectivity index (χ0v) is 12.3. The molecule has 5 heteroatoms. The second-order valence-corrected chi connectivity index (χ2v) is 5.18. The summed E-state index contributed by atoms with van der Waals surface area (Å²) >= 11 is 0. The highest BCUT2D eigenvalue weighted by atomic mass is 16.4. The molecule has 1 heterocycles. The lowest BCUT2D eigenvalue weighted by Gasteiger charge is -2.15. The van der Waals surface area contributed by atoms with E-state index >= 15 is 0 Å². The number of para-hydroxylation sites is 1. The SMILES string of the molecule is CCC[C@H](NC(=O)Cn1c(C)cc2ccccc21)C(=O)O. The number of fused-ring (bicyclic) bond motifs is 1. The molecule has 2 aromatic rings. The molecular formula is C16H20N2O3. The van der Waals surface area contributed by atoms with Crippen LogP contribution in [0.25, 0.3) is 10.9 Å². The van der Waals surface area contributed by atoms with E-state index in [-0.39, 0.29) is 12.5 Å². The lowest BCUT2D eigenvalue weighted by atomic mass is 10.1. The molecule has 2 rings (SSSR count). The van der Waals surface area contributed by atoms with Gasteiger partial charge in [0.1, 0.15) is 12.6 Å². The molecule has 0 fully saturated rings. The van der Waals surface area contributed by atoms with Gasteiger partial charge in [0.2, 0.25) is 5.91 Å². The lowest BCUT2D eigenvalue weighted by molar-refractivity contribution is -0.142. The highest BCUT2D eigenvalue weighted by Gasteiger charge is 2.19. The van der Waals surface area contributed by atoms with E-state index in [0.29, 0.717) is 12.8 Å². The first-order chi connectivity index (χ1) is 10.0. The predicted octanol–water partition coefficient (Wildman–Crippen LogP) is 2.32. The summed E-state index contributed by atoms with van der Waals surface area (Å²) in [4.78, 5) is 23.2. The summed E-state index contributed by atoms with van der Waals surface area (Å²) in [6.07, 6.45) is 1.15. The first-order valence-corrected chi connectivity index (χ1v) is 7.10. The number of nitrogens with one attached hydrogen (secondary N) is 1. The number of nitrogens with zero attached hydrogens (tertiary/aromatic N) is 1. The number of aromatic nitrogens is 1. The molecule has 1 amide bonds. The molecule has 2 N–H and O–H groups in total. The van der Waals surface area contributed by atoms with Crippen molar-refractivity contribution in [3.63, 3.8) is 0 Å². The van der Waals surface area contributed by atoms with Crippen LogP contribution in [0.3, 0.4) is 0 Å². The van der Waals surface area contributed by atoms with Gasteiger partial charge in [-0.05, 0) is 30.9 Å². The Kier molecular flexibility index (Phi) is 4.62. The number of rotatable bonds is 6. The maximum atomic E-state index is 12.1. The van der Waals surface area contributed by atoms with Crippen LogP contribution in [0.1, 0.15) is 25.5 Å². The average molecular weight is 288 g/mol. The molecule has 0 bridgehead atoms. The Balaban J connectivity index is 2.14. The predicted molar refractivity (Wildman–Crippen MR) is 81.1 cm³/mol. The molecule has 0 saturated carbocycles. The van der Waals surface area contributed by atoms with Crippen molar-refractivity contribution in [3.8, 4) is 0 Å². The van der Waals surface area contributed by atoms with Crippen molar-refractivity contribution in [1.29, 1.82) is 0 Å². The van der Waals surface area contributed by atoms with E-state index in [1.165, 1.54) is 0 Å². The highest BCUT2D eigenvalue weighted by Crippen LogP contribution is 2.18. The maximum Gasteiger partial charge on any atom is 0.326 e. The molecule has 0 unspecified atom stereocenters. The van der Waals surface area contributed by atoms with E-state index in [2.05, 4.69) is 5.32 Å². The molecule has 0 aliphatic rings. The number of carboxylic acids is 1. The molecule has 112 valence electrons. The summed E-state index contributed by atoms with van der Waals surface area (Å²) in [6, 6.07) is 9.03. The van der Waals surface area contributed by atoms with E-state index in [1.807, 2.05) is 48.7 Å². The fourth-order valence-electron chi connectivity index (χ4n) is 2.49. The molecule has 0 spiro atoms. The number of amides is 1. The van der Waals surface area contributed by atoms with E-state index < -0.39 is 12.0 Å². The summed E-state index contributed by atoms with van der Waals surface area (Å²) in [5, 5.41) is 12.7. The van der Waals surface area contributed by atoms with Crippen LogP contribution in [0.5, 0.6) is 0 Å². The van der Waals surface area contributed by atoms with Gasteiger partial charge in [-0.2, -0.15) is 0 Å². The van der Waals surface area contributed by atoms with Gasteiger partial charge >= 0.3 is 5.97 Å². The molecule has 0 radical (unpaired) electrons. The van der Waals surface area contributed by atoms with Gasteiger partial charge in [0.15, 0.2) is 0 Å². The normalized spacial score (nSPS) is 12.3. The molecule has 21 heavy (non-hydrogen) atoms. The standard InChI is InChI=1S/C16H20N2O3/c1-3-6-13(16(20)21)17-15(19)10-18-11(2)9-12-7-4-5-8-14(12)18/h4-5,7-9,13H,3,6,10H2,1-2H3,(H,17,19)(H,20,21)/t13-/m0/s1. The summed E-state index contributed by atoms with van der Waals surface area (Å²) < 4.78 is 1.90. The van der Waals surface area contributed by atoms with Gasteiger partial charge in [0.25, 0.3) is 0 Å². The Bertz CT molecular complexity index is 661. The quantitative estimate of drug-likeness (QED) is 0.857. The highest BCUT2D eigenvalue weighted by molar-refractivity contribution is 5.86. The largest absolute Gasteiger partial charge is 0.480 e. The third-order valence-electron chi connectivity index (χ3n) is 3.53. The van der Waals surface area contributed by atoms with Crippen LogP contribution in [0.4, 0.5) is 0 Å². The lowest BCUT2D eigenvalue weighted by Crippen LogP contribution is -2.42. The fourth-order valence-corrected chi connectivity index (χ4v) is 2.49. The van der Waals surface area contributed by atoms with Crippen LogP contribution in [0, 0.1) is 6.92 Å². The number of hydrogen-bond donors (Lipinski definition) is 2. The van der Waals surface area contributed by atoms with Gasteiger partial charge in [0.05, 0.1) is 0 Å². The zero-order valence-electron chi connectivity index (χ0n) is 12.3. The van der Waals surface area contributed by atoms with Gasteiger partial charge in [-0.3, -0.25) is 4.79 Å². The minimum atomic E-state index is -0.987. The summed E-state index contributed by atoms with van der Waals surface area (Å²) in [7, 11) is 0. The molecule has 0 aliphatic carbocycles. The second-order valence-electron chi connectivity index (χ2n) is 5.18. The molecule has 0 aliphatic heterocycles. The molecule has 1 atom stereocenters. The topological polar surface area (TPSA) is 71.3 Å². The minimum Gasteiger partial charge on any atom is -0.480 e. The van der Waals surface area contributed by atoms with Crippen LogP contribution in [-0.4, -0.2) is 27.6 Å². The average Bonchev–Trinajstić information content (AvgIpc) is 2.75. The first kappa shape index (κ1) is 15.1. The van der Waals surface area contributed by atoms with Crippen molar-refractivity contribution >= 4 is 22.8 Å². The third kappa shape index (κ3) is 3.42. The summed E-state index contributed by atoms with van der Waals surface area (Å²) in [6.45, 7) is 3.96. The number of carbonyl (C=O) groups excluding carboxylic acids is 1. The van der Waals surface area contributed by atoms with E-state index in [4.69, 9.17) is 5.11 Å². The summed E-state index contributed by atoms with van der Waals surface area (Å²) in [5.41, 5.74) is 1.96. The van der Waals surface area contributed by atoms with Gasteiger partial charge in [-0.1, -0.05) is 31.5 Å². The number of benzene rings is 1. The number of hydrogen-bond acceptors (Lipinski definition) is 2. The molecule has 1 aromatic carbocycles. The van der Waals surface area contributed by atoms with Gasteiger partial charge in [0, 0.05) is 11.2 Å². The Labute approximate surface area is 123 Å². The van der Waals surface area contributed by atoms with Crippen LogP contribution < -0.4 is 5.32 Å². The van der Waals surface area contributed by atoms with Crippen molar-refractivity contribution in [1.82, 2.24) is 9.88 Å². The Morgan fingerprint density at radius 2 is 2.05 bits per heavy atom. The van der Waals surface area contributed by atoms with Crippen molar-refractivity contribution in [2.75, 3.05) is 0 Å². The monoisotopic (exact) mass is 288 g/mol. The van der Waals surface area contributed by atoms with Gasteiger partial charge < -0.3 is 15.0 Å².